The standard InChI is InChI=1S/C16H13F3OSe/c1-20-14-6-2-12(3-7-14)10-11-21-15-8-4-13(5-9-15)16(17,18)19/h2-11H,1H3/b11-10+. The Morgan fingerprint density at radius 2 is 1.57 bits per heavy atom. The Morgan fingerprint density at radius 3 is 2.10 bits per heavy atom. The molecular weight excluding hydrogens is 344 g/mol. The Kier molecular flexibility index (Phi) is 5.10. The van der Waals surface area contributed by atoms with Gasteiger partial charge in [-0.25, -0.2) is 0 Å². The molecule has 0 spiro atoms. The number of alkyl halides is 3. The zero-order valence-electron chi connectivity index (χ0n) is 11.2. The van der Waals surface area contributed by atoms with E-state index in [4.69, 9.17) is 4.74 Å². The topological polar surface area (TPSA) is 9.23 Å². The van der Waals surface area contributed by atoms with Crippen LogP contribution in [-0.2, 0) is 6.18 Å². The second-order valence-electron chi connectivity index (χ2n) is 4.22. The van der Waals surface area contributed by atoms with Crippen molar-refractivity contribution in [1.82, 2.24) is 0 Å². The third kappa shape index (κ3) is 4.65. The molecule has 110 valence electrons. The molecule has 0 aliphatic carbocycles. The fourth-order valence-corrected chi connectivity index (χ4v) is 3.05. The van der Waals surface area contributed by atoms with Gasteiger partial charge in [-0.1, -0.05) is 0 Å². The predicted molar refractivity (Wildman–Crippen MR) is 78.9 cm³/mol. The van der Waals surface area contributed by atoms with Crippen LogP contribution in [0.15, 0.2) is 53.5 Å². The van der Waals surface area contributed by atoms with Gasteiger partial charge in [-0.05, 0) is 0 Å². The van der Waals surface area contributed by atoms with Crippen molar-refractivity contribution in [1.29, 1.82) is 0 Å². The van der Waals surface area contributed by atoms with E-state index in [0.717, 1.165) is 27.9 Å². The molecule has 0 aliphatic heterocycles. The van der Waals surface area contributed by atoms with Gasteiger partial charge in [-0.15, -0.1) is 0 Å². The Bertz CT molecular complexity index is 601. The Labute approximate surface area is 127 Å². The zero-order chi connectivity index (χ0) is 15.3. The fourth-order valence-electron chi connectivity index (χ4n) is 1.63. The molecule has 0 bridgehead atoms. The van der Waals surface area contributed by atoms with Crippen LogP contribution in [0.2, 0.25) is 0 Å². The maximum atomic E-state index is 12.4. The van der Waals surface area contributed by atoms with Crippen LogP contribution in [0, 0.1) is 0 Å². The molecule has 0 heterocycles. The van der Waals surface area contributed by atoms with Crippen LogP contribution in [0.4, 0.5) is 13.2 Å². The van der Waals surface area contributed by atoms with Gasteiger partial charge in [-0.3, -0.25) is 0 Å². The Morgan fingerprint density at radius 1 is 0.952 bits per heavy atom. The molecule has 2 aromatic rings. The molecule has 0 atom stereocenters. The number of benzene rings is 2. The molecule has 2 rings (SSSR count). The average Bonchev–Trinajstić information content (AvgIpc) is 2.47. The van der Waals surface area contributed by atoms with Crippen LogP contribution < -0.4 is 9.20 Å². The summed E-state index contributed by atoms with van der Waals surface area (Å²) in [6.45, 7) is 0. The van der Waals surface area contributed by atoms with Crippen molar-refractivity contribution in [2.45, 2.75) is 6.18 Å². The predicted octanol–water partition coefficient (Wildman–Crippen LogP) is 3.71. The molecule has 2 aromatic carbocycles. The van der Waals surface area contributed by atoms with Gasteiger partial charge in [0.15, 0.2) is 0 Å². The normalized spacial score (nSPS) is 11.8. The van der Waals surface area contributed by atoms with Crippen molar-refractivity contribution < 1.29 is 17.9 Å². The van der Waals surface area contributed by atoms with E-state index < -0.39 is 11.7 Å². The summed E-state index contributed by atoms with van der Waals surface area (Å²) in [5.41, 5.74) is 0.422. The molecule has 0 fully saturated rings. The van der Waals surface area contributed by atoms with Crippen LogP contribution in [0.5, 0.6) is 5.75 Å². The van der Waals surface area contributed by atoms with Gasteiger partial charge in [0.05, 0.1) is 0 Å². The second-order valence-corrected chi connectivity index (χ2v) is 6.27. The van der Waals surface area contributed by atoms with Crippen LogP contribution in [-0.4, -0.2) is 22.1 Å². The first-order valence-electron chi connectivity index (χ1n) is 6.13. The number of halogens is 3. The molecule has 0 saturated carbocycles. The number of methoxy groups -OCH3 is 1. The summed E-state index contributed by atoms with van der Waals surface area (Å²) < 4.78 is 43.3. The summed E-state index contributed by atoms with van der Waals surface area (Å²) in [5.74, 6) is 0.792. The van der Waals surface area contributed by atoms with Crippen molar-refractivity contribution in [3.05, 3.63) is 64.6 Å². The summed E-state index contributed by atoms with van der Waals surface area (Å²) in [6.07, 6.45) is -2.32. The maximum absolute atomic E-state index is 12.4. The molecule has 21 heavy (non-hydrogen) atoms. The van der Waals surface area contributed by atoms with E-state index in [0.29, 0.717) is 0 Å². The fraction of sp³-hybridized carbons (Fsp3) is 0.125. The van der Waals surface area contributed by atoms with Gasteiger partial charge >= 0.3 is 127 Å². The summed E-state index contributed by atoms with van der Waals surface area (Å²) >= 11 is 0.00402. The molecule has 0 aliphatic rings. The summed E-state index contributed by atoms with van der Waals surface area (Å²) in [5, 5.41) is 0. The molecule has 0 amide bonds. The molecule has 0 radical (unpaired) electrons. The third-order valence-electron chi connectivity index (χ3n) is 2.76. The Balaban J connectivity index is 1.97. The van der Waals surface area contributed by atoms with Gasteiger partial charge in [0.2, 0.25) is 0 Å². The third-order valence-corrected chi connectivity index (χ3v) is 4.48. The first-order valence-corrected chi connectivity index (χ1v) is 7.98. The number of hydrogen-bond acceptors (Lipinski definition) is 1. The summed E-state index contributed by atoms with van der Waals surface area (Å²) in [7, 11) is 1.61. The van der Waals surface area contributed by atoms with Crippen LogP contribution in [0.3, 0.4) is 0 Å². The molecule has 0 aromatic heterocycles. The first-order chi connectivity index (χ1) is 9.99. The van der Waals surface area contributed by atoms with Crippen LogP contribution >= 0.6 is 0 Å². The van der Waals surface area contributed by atoms with Gasteiger partial charge < -0.3 is 0 Å². The minimum atomic E-state index is -4.27. The van der Waals surface area contributed by atoms with Crippen molar-refractivity contribution in [2.24, 2.45) is 0 Å². The van der Waals surface area contributed by atoms with Crippen molar-refractivity contribution in [3.63, 3.8) is 0 Å². The van der Waals surface area contributed by atoms with Crippen LogP contribution in [0.25, 0.3) is 6.08 Å². The van der Waals surface area contributed by atoms with Crippen molar-refractivity contribution in [2.75, 3.05) is 7.11 Å². The molecule has 0 unspecified atom stereocenters. The number of rotatable bonds is 4. The molecular formula is C16H13F3OSe. The molecule has 1 nitrogen and oxygen atoms in total. The molecule has 0 N–H and O–H groups in total. The SMILES string of the molecule is COc1ccc(/C=C/[Se]c2ccc(C(F)(F)F)cc2)cc1. The van der Waals surface area contributed by atoms with E-state index in [1.54, 1.807) is 7.11 Å². The second kappa shape index (κ2) is 6.83. The van der Waals surface area contributed by atoms with E-state index in [1.807, 2.05) is 35.3 Å². The van der Waals surface area contributed by atoms with Crippen molar-refractivity contribution in [3.8, 4) is 5.75 Å². The average molecular weight is 357 g/mol. The van der Waals surface area contributed by atoms with E-state index in [9.17, 15) is 13.2 Å². The monoisotopic (exact) mass is 358 g/mol. The van der Waals surface area contributed by atoms with E-state index in [2.05, 4.69) is 0 Å². The van der Waals surface area contributed by atoms with Gasteiger partial charge in [0, 0.05) is 0 Å². The molecule has 5 heteroatoms. The quantitative estimate of drug-likeness (QED) is 0.758. The van der Waals surface area contributed by atoms with E-state index in [1.165, 1.54) is 12.1 Å². The molecule has 0 saturated heterocycles. The summed E-state index contributed by atoms with van der Waals surface area (Å²) in [6, 6.07) is 12.9. The van der Waals surface area contributed by atoms with Crippen LogP contribution in [0.1, 0.15) is 11.1 Å². The van der Waals surface area contributed by atoms with E-state index in [-0.39, 0.29) is 15.0 Å². The Hall–Kier alpha value is -1.71. The van der Waals surface area contributed by atoms with Gasteiger partial charge in [0.1, 0.15) is 0 Å². The first kappa shape index (κ1) is 15.7. The summed E-state index contributed by atoms with van der Waals surface area (Å²) in [4.78, 5) is 1.98. The van der Waals surface area contributed by atoms with Crippen molar-refractivity contribution >= 4 is 25.5 Å². The van der Waals surface area contributed by atoms with Gasteiger partial charge in [0.25, 0.3) is 0 Å². The minimum absolute atomic E-state index is 0.00402. The van der Waals surface area contributed by atoms with Gasteiger partial charge in [-0.2, -0.15) is 0 Å². The number of hydrogen-bond donors (Lipinski definition) is 0. The zero-order valence-corrected chi connectivity index (χ0v) is 12.9. The number of ether oxygens (including phenoxy) is 1. The van der Waals surface area contributed by atoms with E-state index >= 15 is 0 Å².